The van der Waals surface area contributed by atoms with E-state index in [1.165, 1.54) is 23.8 Å². The molecular formula is C17H25NO. The molecule has 1 atom stereocenters. The number of aryl methyl sites for hydroxylation is 1. The van der Waals surface area contributed by atoms with Crippen molar-refractivity contribution < 1.29 is 4.42 Å². The lowest BCUT2D eigenvalue weighted by atomic mass is 10.1. The fourth-order valence-corrected chi connectivity index (χ4v) is 2.32. The largest absolute Gasteiger partial charge is 0.459 e. The van der Waals surface area contributed by atoms with E-state index in [9.17, 15) is 0 Å². The highest BCUT2D eigenvalue weighted by Gasteiger charge is 2.10. The van der Waals surface area contributed by atoms with Gasteiger partial charge in [-0.25, -0.2) is 0 Å². The number of hydrogen-bond donors (Lipinski definition) is 1. The Morgan fingerprint density at radius 3 is 2.74 bits per heavy atom. The Balaban J connectivity index is 2.15. The number of unbranched alkanes of at least 4 members (excludes halogenated alkanes) is 1. The average Bonchev–Trinajstić information content (AvgIpc) is 2.85. The summed E-state index contributed by atoms with van der Waals surface area (Å²) in [6, 6.07) is 9.03. The Bertz CT molecular complexity index is 515. The summed E-state index contributed by atoms with van der Waals surface area (Å²) in [5.41, 5.74) is 2.41. The molecule has 0 spiro atoms. The first-order valence-electron chi connectivity index (χ1n) is 7.50. The molecule has 0 fully saturated rings. The third-order valence-corrected chi connectivity index (χ3v) is 3.55. The topological polar surface area (TPSA) is 25.2 Å². The summed E-state index contributed by atoms with van der Waals surface area (Å²) in [5, 5.41) is 4.70. The fraction of sp³-hybridized carbons (Fsp3) is 0.529. The maximum Gasteiger partial charge on any atom is 0.134 e. The van der Waals surface area contributed by atoms with Crippen LogP contribution < -0.4 is 5.32 Å². The normalized spacial score (nSPS) is 13.0. The van der Waals surface area contributed by atoms with Gasteiger partial charge in [0.2, 0.25) is 0 Å². The number of fused-ring (bicyclic) bond motifs is 1. The minimum Gasteiger partial charge on any atom is -0.459 e. The van der Waals surface area contributed by atoms with E-state index in [0.717, 1.165) is 30.7 Å². The molecule has 0 aliphatic carbocycles. The monoisotopic (exact) mass is 259 g/mol. The van der Waals surface area contributed by atoms with Gasteiger partial charge in [-0.05, 0) is 56.5 Å². The van der Waals surface area contributed by atoms with Crippen LogP contribution in [0.2, 0.25) is 0 Å². The smallest absolute Gasteiger partial charge is 0.134 e. The van der Waals surface area contributed by atoms with E-state index in [-0.39, 0.29) is 6.04 Å². The van der Waals surface area contributed by atoms with Gasteiger partial charge in [-0.1, -0.05) is 26.3 Å². The van der Waals surface area contributed by atoms with Gasteiger partial charge in [-0.15, -0.1) is 0 Å². The summed E-state index contributed by atoms with van der Waals surface area (Å²) in [6.07, 6.45) is 4.81. The second kappa shape index (κ2) is 6.76. The molecule has 2 heteroatoms. The van der Waals surface area contributed by atoms with Gasteiger partial charge in [0.15, 0.2) is 0 Å². The lowest BCUT2D eigenvalue weighted by Crippen LogP contribution is -2.18. The van der Waals surface area contributed by atoms with Gasteiger partial charge in [0.05, 0.1) is 6.04 Å². The Kier molecular flexibility index (Phi) is 5.03. The zero-order valence-corrected chi connectivity index (χ0v) is 12.3. The van der Waals surface area contributed by atoms with E-state index in [4.69, 9.17) is 4.42 Å². The second-order valence-corrected chi connectivity index (χ2v) is 5.30. The van der Waals surface area contributed by atoms with Crippen molar-refractivity contribution in [1.82, 2.24) is 5.32 Å². The first kappa shape index (κ1) is 14.1. The van der Waals surface area contributed by atoms with Gasteiger partial charge in [-0.3, -0.25) is 0 Å². The van der Waals surface area contributed by atoms with Crippen LogP contribution in [0.5, 0.6) is 0 Å². The van der Waals surface area contributed by atoms with Crippen LogP contribution in [0.3, 0.4) is 0 Å². The predicted molar refractivity (Wildman–Crippen MR) is 81.5 cm³/mol. The third-order valence-electron chi connectivity index (χ3n) is 3.55. The van der Waals surface area contributed by atoms with Crippen LogP contribution in [-0.2, 0) is 6.42 Å². The van der Waals surface area contributed by atoms with Crippen molar-refractivity contribution in [3.8, 4) is 0 Å². The van der Waals surface area contributed by atoms with Crippen LogP contribution in [0.25, 0.3) is 11.0 Å². The van der Waals surface area contributed by atoms with Crippen molar-refractivity contribution in [1.29, 1.82) is 0 Å². The van der Waals surface area contributed by atoms with Gasteiger partial charge in [-0.2, -0.15) is 0 Å². The maximum atomic E-state index is 5.92. The van der Waals surface area contributed by atoms with Gasteiger partial charge < -0.3 is 9.73 Å². The summed E-state index contributed by atoms with van der Waals surface area (Å²) in [4.78, 5) is 0. The van der Waals surface area contributed by atoms with Gasteiger partial charge in [0.1, 0.15) is 11.3 Å². The molecule has 0 aliphatic heterocycles. The van der Waals surface area contributed by atoms with E-state index in [0.29, 0.717) is 0 Å². The molecule has 1 aromatic heterocycles. The summed E-state index contributed by atoms with van der Waals surface area (Å²) in [6.45, 7) is 7.60. The molecule has 0 saturated heterocycles. The van der Waals surface area contributed by atoms with Gasteiger partial charge >= 0.3 is 0 Å². The minimum atomic E-state index is 0.284. The molecule has 0 amide bonds. The molecule has 104 valence electrons. The number of hydrogen-bond acceptors (Lipinski definition) is 2. The van der Waals surface area contributed by atoms with E-state index < -0.39 is 0 Å². The first-order valence-corrected chi connectivity index (χ1v) is 7.50. The molecule has 2 aromatic rings. The summed E-state index contributed by atoms with van der Waals surface area (Å²) >= 11 is 0. The van der Waals surface area contributed by atoms with Crippen molar-refractivity contribution in [2.75, 3.05) is 6.54 Å². The summed E-state index contributed by atoms with van der Waals surface area (Å²) in [7, 11) is 0. The van der Waals surface area contributed by atoms with Crippen LogP contribution in [-0.4, -0.2) is 6.54 Å². The zero-order valence-electron chi connectivity index (χ0n) is 12.3. The molecule has 1 heterocycles. The Morgan fingerprint density at radius 2 is 2.00 bits per heavy atom. The van der Waals surface area contributed by atoms with Crippen molar-refractivity contribution in [2.45, 2.75) is 52.5 Å². The van der Waals surface area contributed by atoms with E-state index in [1.807, 2.05) is 0 Å². The highest BCUT2D eigenvalue weighted by Crippen LogP contribution is 2.25. The number of benzene rings is 1. The van der Waals surface area contributed by atoms with Gasteiger partial charge in [0.25, 0.3) is 0 Å². The lowest BCUT2D eigenvalue weighted by molar-refractivity contribution is 0.452. The molecule has 0 bridgehead atoms. The maximum absolute atomic E-state index is 5.92. The standard InChI is InChI=1S/C17H25NO/c1-4-6-7-14-8-9-16-15(11-14)12-17(19-16)13(3)18-10-5-2/h8-9,11-13,18H,4-7,10H2,1-3H3. The second-order valence-electron chi connectivity index (χ2n) is 5.30. The molecule has 0 aliphatic rings. The molecule has 19 heavy (non-hydrogen) atoms. The lowest BCUT2D eigenvalue weighted by Gasteiger charge is -2.09. The number of furan rings is 1. The third kappa shape index (κ3) is 3.60. The highest BCUT2D eigenvalue weighted by molar-refractivity contribution is 5.78. The Hall–Kier alpha value is -1.28. The first-order chi connectivity index (χ1) is 9.24. The fourth-order valence-electron chi connectivity index (χ4n) is 2.32. The van der Waals surface area contributed by atoms with Crippen molar-refractivity contribution in [3.63, 3.8) is 0 Å². The summed E-state index contributed by atoms with van der Waals surface area (Å²) < 4.78 is 5.92. The molecule has 1 unspecified atom stereocenters. The Morgan fingerprint density at radius 1 is 1.16 bits per heavy atom. The van der Waals surface area contributed by atoms with Crippen LogP contribution in [0, 0.1) is 0 Å². The van der Waals surface area contributed by atoms with Gasteiger partial charge in [0, 0.05) is 5.39 Å². The molecule has 1 aromatic carbocycles. The van der Waals surface area contributed by atoms with Crippen LogP contribution in [0.4, 0.5) is 0 Å². The van der Waals surface area contributed by atoms with Crippen molar-refractivity contribution in [2.24, 2.45) is 0 Å². The Labute approximate surface area is 116 Å². The van der Waals surface area contributed by atoms with Crippen LogP contribution >= 0.6 is 0 Å². The molecule has 0 radical (unpaired) electrons. The van der Waals surface area contributed by atoms with E-state index in [2.05, 4.69) is 50.4 Å². The minimum absolute atomic E-state index is 0.284. The van der Waals surface area contributed by atoms with Crippen LogP contribution in [0.1, 0.15) is 57.4 Å². The van der Waals surface area contributed by atoms with Crippen molar-refractivity contribution in [3.05, 3.63) is 35.6 Å². The SMILES string of the molecule is CCCCc1ccc2oc(C(C)NCCC)cc2c1. The molecule has 2 nitrogen and oxygen atoms in total. The van der Waals surface area contributed by atoms with Crippen LogP contribution in [0.15, 0.2) is 28.7 Å². The van der Waals surface area contributed by atoms with Crippen molar-refractivity contribution >= 4 is 11.0 Å². The van der Waals surface area contributed by atoms with E-state index >= 15 is 0 Å². The molecular weight excluding hydrogens is 234 g/mol. The molecule has 1 N–H and O–H groups in total. The van der Waals surface area contributed by atoms with E-state index in [1.54, 1.807) is 0 Å². The highest BCUT2D eigenvalue weighted by atomic mass is 16.3. The predicted octanol–water partition coefficient (Wildman–Crippen LogP) is 4.84. The average molecular weight is 259 g/mol. The summed E-state index contributed by atoms with van der Waals surface area (Å²) in [5.74, 6) is 1.04. The molecule has 2 rings (SSSR count). The number of rotatable bonds is 7. The molecule has 0 saturated carbocycles. The number of nitrogens with one attached hydrogen (secondary N) is 1. The zero-order chi connectivity index (χ0) is 13.7. The quantitative estimate of drug-likeness (QED) is 0.770.